The molecule has 0 amide bonds. The molecule has 2 unspecified atom stereocenters. The van der Waals surface area contributed by atoms with Gasteiger partial charge in [-0.1, -0.05) is 0 Å². The van der Waals surface area contributed by atoms with Gasteiger partial charge in [0, 0.05) is 6.92 Å². The number of carbonyl (C=O) groups excluding carboxylic acids is 2. The lowest BCUT2D eigenvalue weighted by atomic mass is 9.48. The van der Waals surface area contributed by atoms with Crippen molar-refractivity contribution in [3.05, 3.63) is 0 Å². The summed E-state index contributed by atoms with van der Waals surface area (Å²) in [5.74, 6) is -17.4. The molecule has 0 spiro atoms. The highest BCUT2D eigenvalue weighted by molar-refractivity contribution is 5.78. The monoisotopic (exact) mass is 432 g/mol. The minimum absolute atomic E-state index is 0.0387. The number of carbonyl (C=O) groups is 2. The Morgan fingerprint density at radius 2 is 1.41 bits per heavy atom. The topological polar surface area (TPSA) is 72.8 Å². The van der Waals surface area contributed by atoms with Crippen LogP contribution in [-0.4, -0.2) is 53.6 Å². The van der Waals surface area contributed by atoms with Crippen LogP contribution >= 0.6 is 0 Å². The van der Waals surface area contributed by atoms with E-state index in [-0.39, 0.29) is 25.2 Å². The molecule has 5 nitrogen and oxygen atoms in total. The van der Waals surface area contributed by atoms with Gasteiger partial charge in [-0.2, -0.15) is 26.3 Å². The van der Waals surface area contributed by atoms with Crippen molar-refractivity contribution in [1.82, 2.24) is 0 Å². The molecule has 0 aliphatic heterocycles. The number of aliphatic hydroxyl groups is 1. The quantitative estimate of drug-likeness (QED) is 0.494. The van der Waals surface area contributed by atoms with E-state index in [0.29, 0.717) is 25.7 Å². The SMILES string of the molecule is CC(F)(F)C(=O)OCC(F)(F)C(F)(F)COC(=O)C12CC3CC(CC(O)(C3)C1)C2. The average Bonchev–Trinajstić information content (AvgIpc) is 2.54. The van der Waals surface area contributed by atoms with Crippen LogP contribution in [0, 0.1) is 17.3 Å². The third-order valence-electron chi connectivity index (χ3n) is 6.13. The fraction of sp³-hybridized carbons (Fsp3) is 0.889. The minimum atomic E-state index is -5.02. The summed E-state index contributed by atoms with van der Waals surface area (Å²) in [6.07, 6.45) is 2.57. The number of ether oxygens (including phenoxy) is 2. The molecule has 2 atom stereocenters. The van der Waals surface area contributed by atoms with Crippen LogP contribution in [0.2, 0.25) is 0 Å². The van der Waals surface area contributed by atoms with E-state index in [9.17, 15) is 41.0 Å². The maximum atomic E-state index is 13.9. The molecule has 0 heterocycles. The van der Waals surface area contributed by atoms with E-state index in [0.717, 1.165) is 6.42 Å². The van der Waals surface area contributed by atoms with E-state index in [2.05, 4.69) is 9.47 Å². The first kappa shape index (κ1) is 22.2. The molecular weight excluding hydrogens is 410 g/mol. The Morgan fingerprint density at radius 3 is 1.86 bits per heavy atom. The fourth-order valence-electron chi connectivity index (χ4n) is 5.26. The Bertz CT molecular complexity index is 675. The van der Waals surface area contributed by atoms with Gasteiger partial charge in [-0.25, -0.2) is 4.79 Å². The zero-order valence-corrected chi connectivity index (χ0v) is 15.7. The van der Waals surface area contributed by atoms with Gasteiger partial charge >= 0.3 is 29.7 Å². The predicted molar refractivity (Wildman–Crippen MR) is 84.5 cm³/mol. The van der Waals surface area contributed by atoms with Crippen LogP contribution in [0.4, 0.5) is 26.3 Å². The average molecular weight is 432 g/mol. The number of halogens is 6. The Balaban J connectivity index is 1.61. The molecule has 0 aromatic heterocycles. The summed E-state index contributed by atoms with van der Waals surface area (Å²) in [5.41, 5.74) is -2.25. The molecule has 29 heavy (non-hydrogen) atoms. The molecule has 0 saturated heterocycles. The van der Waals surface area contributed by atoms with Crippen LogP contribution in [0.5, 0.6) is 0 Å². The summed E-state index contributed by atoms with van der Waals surface area (Å²) in [5, 5.41) is 10.6. The first-order chi connectivity index (χ1) is 13.1. The molecule has 1 N–H and O–H groups in total. The second-order valence-electron chi connectivity index (χ2n) is 8.92. The maximum Gasteiger partial charge on any atom is 0.376 e. The van der Waals surface area contributed by atoms with Crippen LogP contribution in [0.25, 0.3) is 0 Å². The molecule has 11 heteroatoms. The van der Waals surface area contributed by atoms with Gasteiger partial charge in [0.15, 0.2) is 13.2 Å². The second-order valence-corrected chi connectivity index (χ2v) is 8.92. The highest BCUT2D eigenvalue weighted by Crippen LogP contribution is 2.62. The first-order valence-electron chi connectivity index (χ1n) is 9.28. The lowest BCUT2D eigenvalue weighted by Crippen LogP contribution is -2.59. The van der Waals surface area contributed by atoms with E-state index in [1.54, 1.807) is 0 Å². The summed E-state index contributed by atoms with van der Waals surface area (Å²) in [4.78, 5) is 23.3. The lowest BCUT2D eigenvalue weighted by Gasteiger charge is -2.58. The zero-order valence-electron chi connectivity index (χ0n) is 15.7. The third-order valence-corrected chi connectivity index (χ3v) is 6.13. The largest absolute Gasteiger partial charge is 0.459 e. The highest BCUT2D eigenvalue weighted by Gasteiger charge is 2.63. The lowest BCUT2D eigenvalue weighted by molar-refractivity contribution is -0.255. The van der Waals surface area contributed by atoms with Gasteiger partial charge in [-0.15, -0.1) is 0 Å². The predicted octanol–water partition coefficient (Wildman–Crippen LogP) is 3.33. The molecule has 0 aromatic rings. The second kappa shape index (κ2) is 6.75. The third kappa shape index (κ3) is 4.20. The smallest absolute Gasteiger partial charge is 0.376 e. The van der Waals surface area contributed by atoms with Crippen LogP contribution < -0.4 is 0 Å². The Labute approximate surface area is 162 Å². The van der Waals surface area contributed by atoms with Gasteiger partial charge in [0.1, 0.15) is 0 Å². The summed E-state index contributed by atoms with van der Waals surface area (Å²) < 4.78 is 88.6. The van der Waals surface area contributed by atoms with E-state index < -0.39 is 53.9 Å². The maximum absolute atomic E-state index is 13.9. The number of hydrogen-bond donors (Lipinski definition) is 1. The van der Waals surface area contributed by atoms with Gasteiger partial charge in [-0.05, 0) is 50.4 Å². The van der Waals surface area contributed by atoms with Gasteiger partial charge in [0.25, 0.3) is 0 Å². The van der Waals surface area contributed by atoms with Crippen molar-refractivity contribution in [2.45, 2.75) is 68.8 Å². The van der Waals surface area contributed by atoms with E-state index in [1.807, 2.05) is 0 Å². The van der Waals surface area contributed by atoms with E-state index in [1.165, 1.54) is 0 Å². The van der Waals surface area contributed by atoms with Gasteiger partial charge in [-0.3, -0.25) is 4.79 Å². The van der Waals surface area contributed by atoms with Crippen LogP contribution in [0.1, 0.15) is 45.4 Å². The number of alkyl halides is 6. The zero-order chi connectivity index (χ0) is 21.9. The Kier molecular flexibility index (Phi) is 5.16. The highest BCUT2D eigenvalue weighted by atomic mass is 19.3. The van der Waals surface area contributed by atoms with Crippen LogP contribution in [-0.2, 0) is 19.1 Å². The van der Waals surface area contributed by atoms with Gasteiger partial charge < -0.3 is 14.6 Å². The molecule has 4 aliphatic rings. The molecule has 4 rings (SSSR count). The molecule has 4 bridgehead atoms. The molecule has 4 aliphatic carbocycles. The van der Waals surface area contributed by atoms with Crippen molar-refractivity contribution in [2.75, 3.05) is 13.2 Å². The van der Waals surface area contributed by atoms with Gasteiger partial charge in [0.2, 0.25) is 0 Å². The van der Waals surface area contributed by atoms with Crippen molar-refractivity contribution in [2.24, 2.45) is 17.3 Å². The minimum Gasteiger partial charge on any atom is -0.459 e. The Hall–Kier alpha value is -1.52. The van der Waals surface area contributed by atoms with Crippen molar-refractivity contribution in [1.29, 1.82) is 0 Å². The Morgan fingerprint density at radius 1 is 0.931 bits per heavy atom. The molecule has 4 fully saturated rings. The van der Waals surface area contributed by atoms with E-state index in [4.69, 9.17) is 0 Å². The van der Waals surface area contributed by atoms with Crippen molar-refractivity contribution >= 4 is 11.9 Å². The summed E-state index contributed by atoms with van der Waals surface area (Å²) in [6.45, 7) is -4.20. The van der Waals surface area contributed by atoms with Crippen molar-refractivity contribution in [3.8, 4) is 0 Å². The molecule has 4 saturated carbocycles. The van der Waals surface area contributed by atoms with Crippen LogP contribution in [0.15, 0.2) is 0 Å². The standard InChI is InChI=1S/C18H22F6O5/c1-14(19,20)12(25)28-8-17(21,22)18(23,24)9-29-13(26)15-3-10-2-11(4-15)6-16(27,5-10)7-15/h10-11,27H,2-9H2,1H3. The van der Waals surface area contributed by atoms with Crippen LogP contribution in [0.3, 0.4) is 0 Å². The van der Waals surface area contributed by atoms with Gasteiger partial charge in [0.05, 0.1) is 11.0 Å². The summed E-state index contributed by atoms with van der Waals surface area (Å²) in [6, 6.07) is 0. The summed E-state index contributed by atoms with van der Waals surface area (Å²) in [7, 11) is 0. The first-order valence-corrected chi connectivity index (χ1v) is 9.28. The van der Waals surface area contributed by atoms with Crippen molar-refractivity contribution in [3.63, 3.8) is 0 Å². The number of esters is 2. The fourth-order valence-corrected chi connectivity index (χ4v) is 5.26. The summed E-state index contributed by atoms with van der Waals surface area (Å²) >= 11 is 0. The molecular formula is C18H22F6O5. The number of rotatable bonds is 7. The molecule has 0 aromatic carbocycles. The van der Waals surface area contributed by atoms with Crippen molar-refractivity contribution < 1.29 is 50.5 Å². The van der Waals surface area contributed by atoms with E-state index >= 15 is 0 Å². The number of hydrogen-bond acceptors (Lipinski definition) is 5. The molecule has 0 radical (unpaired) electrons. The normalized spacial score (nSPS) is 34.2. The molecule has 166 valence electrons.